The Morgan fingerprint density at radius 1 is 1.26 bits per heavy atom. The summed E-state index contributed by atoms with van der Waals surface area (Å²) in [6, 6.07) is 5.76. The van der Waals surface area contributed by atoms with Crippen LogP contribution in [0.2, 0.25) is 0 Å². The normalized spacial score (nSPS) is 15.2. The largest absolute Gasteiger partial charge is 0.493 e. The first-order valence-corrected chi connectivity index (χ1v) is 6.86. The van der Waals surface area contributed by atoms with Crippen LogP contribution in [0.1, 0.15) is 49.0 Å². The van der Waals surface area contributed by atoms with Crippen LogP contribution >= 0.6 is 0 Å². The molecule has 19 heavy (non-hydrogen) atoms. The average molecular weight is 262 g/mol. The van der Waals surface area contributed by atoms with Gasteiger partial charge in [0.1, 0.15) is 5.75 Å². The SMILES string of the molecule is COC(C)(C)CCOc1cccc2c1CCCC2=O. The van der Waals surface area contributed by atoms with Crippen molar-refractivity contribution >= 4 is 5.78 Å². The molecule has 0 N–H and O–H groups in total. The van der Waals surface area contributed by atoms with Crippen molar-refractivity contribution in [2.45, 2.75) is 45.1 Å². The highest BCUT2D eigenvalue weighted by atomic mass is 16.5. The number of benzene rings is 1. The van der Waals surface area contributed by atoms with E-state index in [1.54, 1.807) is 7.11 Å². The number of fused-ring (bicyclic) bond motifs is 1. The van der Waals surface area contributed by atoms with Gasteiger partial charge >= 0.3 is 0 Å². The third-order valence-corrected chi connectivity index (χ3v) is 3.78. The predicted octanol–water partition coefficient (Wildman–Crippen LogP) is 3.40. The number of carbonyl (C=O) groups is 1. The Morgan fingerprint density at radius 3 is 2.79 bits per heavy atom. The summed E-state index contributed by atoms with van der Waals surface area (Å²) >= 11 is 0. The van der Waals surface area contributed by atoms with E-state index in [2.05, 4.69) is 0 Å². The highest BCUT2D eigenvalue weighted by molar-refractivity contribution is 5.99. The maximum Gasteiger partial charge on any atom is 0.163 e. The molecule has 1 aromatic carbocycles. The molecule has 0 fully saturated rings. The molecule has 0 radical (unpaired) electrons. The lowest BCUT2D eigenvalue weighted by molar-refractivity contribution is 0.00535. The number of rotatable bonds is 5. The van der Waals surface area contributed by atoms with Crippen molar-refractivity contribution in [3.8, 4) is 5.75 Å². The summed E-state index contributed by atoms with van der Waals surface area (Å²) in [4.78, 5) is 11.8. The van der Waals surface area contributed by atoms with Gasteiger partial charge in [-0.15, -0.1) is 0 Å². The van der Waals surface area contributed by atoms with Crippen molar-refractivity contribution in [2.75, 3.05) is 13.7 Å². The first kappa shape index (κ1) is 14.1. The molecule has 2 rings (SSSR count). The number of carbonyl (C=O) groups excluding carboxylic acids is 1. The molecule has 0 heterocycles. The number of ether oxygens (including phenoxy) is 2. The molecular formula is C16H22O3. The maximum absolute atomic E-state index is 11.8. The minimum absolute atomic E-state index is 0.176. The third-order valence-electron chi connectivity index (χ3n) is 3.78. The number of hydrogen-bond acceptors (Lipinski definition) is 3. The Bertz CT molecular complexity index is 463. The second-order valence-electron chi connectivity index (χ2n) is 5.62. The molecular weight excluding hydrogens is 240 g/mol. The predicted molar refractivity (Wildman–Crippen MR) is 74.9 cm³/mol. The summed E-state index contributed by atoms with van der Waals surface area (Å²) in [6.07, 6.45) is 3.34. The number of hydrogen-bond donors (Lipinski definition) is 0. The molecule has 0 saturated heterocycles. The number of ketones is 1. The standard InChI is InChI=1S/C16H22O3/c1-16(2,18-3)10-11-19-15-9-5-6-12-13(15)7-4-8-14(12)17/h5-6,9H,4,7-8,10-11H2,1-3H3. The summed E-state index contributed by atoms with van der Waals surface area (Å²) in [6.45, 7) is 4.69. The van der Waals surface area contributed by atoms with E-state index in [-0.39, 0.29) is 11.4 Å². The molecule has 104 valence electrons. The zero-order valence-corrected chi connectivity index (χ0v) is 12.0. The van der Waals surface area contributed by atoms with E-state index in [1.807, 2.05) is 32.0 Å². The van der Waals surface area contributed by atoms with Crippen LogP contribution in [-0.4, -0.2) is 25.1 Å². The molecule has 1 aromatic rings. The zero-order valence-electron chi connectivity index (χ0n) is 12.0. The Kier molecular flexibility index (Phi) is 4.25. The van der Waals surface area contributed by atoms with Crippen molar-refractivity contribution in [1.29, 1.82) is 0 Å². The average Bonchev–Trinajstić information content (AvgIpc) is 2.40. The number of Topliss-reactive ketones (excluding diaryl/α,β-unsaturated/α-hetero) is 1. The zero-order chi connectivity index (χ0) is 13.9. The van der Waals surface area contributed by atoms with Gasteiger partial charge in [0.15, 0.2) is 5.78 Å². The highest BCUT2D eigenvalue weighted by Gasteiger charge is 2.21. The molecule has 3 nitrogen and oxygen atoms in total. The van der Waals surface area contributed by atoms with E-state index >= 15 is 0 Å². The molecule has 0 unspecified atom stereocenters. The lowest BCUT2D eigenvalue weighted by Crippen LogP contribution is -2.25. The van der Waals surface area contributed by atoms with Gasteiger partial charge in [-0.1, -0.05) is 12.1 Å². The van der Waals surface area contributed by atoms with Gasteiger partial charge in [0.05, 0.1) is 12.2 Å². The van der Waals surface area contributed by atoms with Gasteiger partial charge in [0.2, 0.25) is 0 Å². The molecule has 1 aliphatic rings. The van der Waals surface area contributed by atoms with Crippen molar-refractivity contribution < 1.29 is 14.3 Å². The Balaban J connectivity index is 2.05. The third kappa shape index (κ3) is 3.35. The topological polar surface area (TPSA) is 35.5 Å². The fourth-order valence-corrected chi connectivity index (χ4v) is 2.29. The molecule has 0 aliphatic heterocycles. The van der Waals surface area contributed by atoms with E-state index in [4.69, 9.17) is 9.47 Å². The van der Waals surface area contributed by atoms with Crippen LogP contribution in [0.15, 0.2) is 18.2 Å². The van der Waals surface area contributed by atoms with Gasteiger partial charge < -0.3 is 9.47 Å². The van der Waals surface area contributed by atoms with Gasteiger partial charge in [0, 0.05) is 31.1 Å². The van der Waals surface area contributed by atoms with E-state index in [0.29, 0.717) is 13.0 Å². The second-order valence-corrected chi connectivity index (χ2v) is 5.62. The smallest absolute Gasteiger partial charge is 0.163 e. The second kappa shape index (κ2) is 5.74. The Hall–Kier alpha value is -1.35. The maximum atomic E-state index is 11.8. The highest BCUT2D eigenvalue weighted by Crippen LogP contribution is 2.30. The summed E-state index contributed by atoms with van der Waals surface area (Å²) in [5.74, 6) is 1.10. The quantitative estimate of drug-likeness (QED) is 0.816. The van der Waals surface area contributed by atoms with Gasteiger partial charge in [-0.25, -0.2) is 0 Å². The summed E-state index contributed by atoms with van der Waals surface area (Å²) < 4.78 is 11.2. The van der Waals surface area contributed by atoms with Crippen molar-refractivity contribution in [2.24, 2.45) is 0 Å². The molecule has 0 atom stereocenters. The van der Waals surface area contributed by atoms with Gasteiger partial charge in [0.25, 0.3) is 0 Å². The summed E-state index contributed by atoms with van der Waals surface area (Å²) in [5.41, 5.74) is 1.74. The van der Waals surface area contributed by atoms with Crippen LogP contribution in [0.5, 0.6) is 5.75 Å². The molecule has 0 amide bonds. The minimum Gasteiger partial charge on any atom is -0.493 e. The monoisotopic (exact) mass is 262 g/mol. The van der Waals surface area contributed by atoms with E-state index in [9.17, 15) is 4.79 Å². The minimum atomic E-state index is -0.176. The lowest BCUT2D eigenvalue weighted by atomic mass is 9.90. The van der Waals surface area contributed by atoms with Crippen LogP contribution in [-0.2, 0) is 11.2 Å². The fourth-order valence-electron chi connectivity index (χ4n) is 2.29. The lowest BCUT2D eigenvalue weighted by Gasteiger charge is -2.24. The van der Waals surface area contributed by atoms with E-state index in [1.165, 1.54) is 0 Å². The van der Waals surface area contributed by atoms with Crippen LogP contribution in [0.3, 0.4) is 0 Å². The molecule has 3 heteroatoms. The van der Waals surface area contributed by atoms with Gasteiger partial charge in [-0.05, 0) is 32.8 Å². The molecule has 0 spiro atoms. The van der Waals surface area contributed by atoms with Crippen molar-refractivity contribution in [3.63, 3.8) is 0 Å². The van der Waals surface area contributed by atoms with Crippen molar-refractivity contribution in [1.82, 2.24) is 0 Å². The molecule has 0 aromatic heterocycles. The number of methoxy groups -OCH3 is 1. The van der Waals surface area contributed by atoms with Crippen LogP contribution < -0.4 is 4.74 Å². The van der Waals surface area contributed by atoms with E-state index in [0.717, 1.165) is 36.1 Å². The first-order valence-electron chi connectivity index (χ1n) is 6.86. The van der Waals surface area contributed by atoms with E-state index < -0.39 is 0 Å². The van der Waals surface area contributed by atoms with Crippen LogP contribution in [0.4, 0.5) is 0 Å². The Labute approximate surface area is 114 Å². The fraction of sp³-hybridized carbons (Fsp3) is 0.562. The Morgan fingerprint density at radius 2 is 2.05 bits per heavy atom. The van der Waals surface area contributed by atoms with Crippen LogP contribution in [0.25, 0.3) is 0 Å². The summed E-state index contributed by atoms with van der Waals surface area (Å²) in [5, 5.41) is 0. The van der Waals surface area contributed by atoms with Crippen LogP contribution in [0, 0.1) is 0 Å². The molecule has 0 bridgehead atoms. The molecule has 0 saturated carbocycles. The molecule has 1 aliphatic carbocycles. The summed E-state index contributed by atoms with van der Waals surface area (Å²) in [7, 11) is 1.71. The first-order chi connectivity index (χ1) is 9.03. The van der Waals surface area contributed by atoms with Gasteiger partial charge in [-0.2, -0.15) is 0 Å². The van der Waals surface area contributed by atoms with Gasteiger partial charge in [-0.3, -0.25) is 4.79 Å². The van der Waals surface area contributed by atoms with Crippen molar-refractivity contribution in [3.05, 3.63) is 29.3 Å².